The van der Waals surface area contributed by atoms with Crippen LogP contribution >= 0.6 is 0 Å². The molecule has 1 aliphatic rings. The molecule has 2 aromatic heterocycles. The van der Waals surface area contributed by atoms with Crippen molar-refractivity contribution >= 4 is 5.91 Å². The van der Waals surface area contributed by atoms with Crippen LogP contribution < -0.4 is 5.32 Å². The third-order valence-electron chi connectivity index (χ3n) is 6.60. The molecular weight excluding hydrogens is 400 g/mol. The van der Waals surface area contributed by atoms with Gasteiger partial charge >= 0.3 is 0 Å². The van der Waals surface area contributed by atoms with Crippen LogP contribution in [0.25, 0.3) is 11.3 Å². The second-order valence-electron chi connectivity index (χ2n) is 9.14. The maximum absolute atomic E-state index is 12.7. The van der Waals surface area contributed by atoms with E-state index in [-0.39, 0.29) is 11.8 Å². The van der Waals surface area contributed by atoms with Crippen molar-refractivity contribution in [3.8, 4) is 11.3 Å². The molecule has 0 unspecified atom stereocenters. The summed E-state index contributed by atoms with van der Waals surface area (Å²) < 4.78 is 5.50. The van der Waals surface area contributed by atoms with Gasteiger partial charge in [0.25, 0.3) is 0 Å². The van der Waals surface area contributed by atoms with Crippen molar-refractivity contribution in [2.24, 2.45) is 5.92 Å². The highest BCUT2D eigenvalue weighted by Gasteiger charge is 2.27. The molecule has 1 atom stereocenters. The summed E-state index contributed by atoms with van der Waals surface area (Å²) in [7, 11) is 0. The van der Waals surface area contributed by atoms with Crippen LogP contribution in [0.2, 0.25) is 0 Å². The van der Waals surface area contributed by atoms with Crippen LogP contribution in [-0.2, 0) is 4.79 Å². The van der Waals surface area contributed by atoms with Gasteiger partial charge < -0.3 is 9.84 Å². The summed E-state index contributed by atoms with van der Waals surface area (Å²) >= 11 is 0. The summed E-state index contributed by atoms with van der Waals surface area (Å²) in [6, 6.07) is 10.1. The van der Waals surface area contributed by atoms with E-state index in [1.807, 2.05) is 45.2 Å². The number of aromatic nitrogens is 3. The van der Waals surface area contributed by atoms with Gasteiger partial charge in [0.15, 0.2) is 5.76 Å². The second-order valence-corrected chi connectivity index (χ2v) is 9.14. The molecule has 32 heavy (non-hydrogen) atoms. The highest BCUT2D eigenvalue weighted by Crippen LogP contribution is 2.39. The molecule has 1 aliphatic carbocycles. The minimum absolute atomic E-state index is 0.102. The molecule has 6 nitrogen and oxygen atoms in total. The fourth-order valence-electron chi connectivity index (χ4n) is 4.52. The summed E-state index contributed by atoms with van der Waals surface area (Å²) in [5, 5.41) is 7.21. The summed E-state index contributed by atoms with van der Waals surface area (Å²) in [6.45, 7) is 8.61. The van der Waals surface area contributed by atoms with Gasteiger partial charge in [0.2, 0.25) is 5.91 Å². The van der Waals surface area contributed by atoms with E-state index in [4.69, 9.17) is 9.51 Å². The smallest absolute Gasteiger partial charge is 0.227 e. The minimum Gasteiger partial charge on any atom is -0.356 e. The third-order valence-corrected chi connectivity index (χ3v) is 6.60. The molecule has 1 N–H and O–H groups in total. The molecule has 3 aromatic rings. The van der Waals surface area contributed by atoms with E-state index in [2.05, 4.69) is 34.5 Å². The number of hydrogen-bond donors (Lipinski definition) is 1. The molecule has 0 bridgehead atoms. The van der Waals surface area contributed by atoms with Crippen molar-refractivity contribution in [3.05, 3.63) is 64.9 Å². The van der Waals surface area contributed by atoms with Crippen LogP contribution in [0.3, 0.4) is 0 Å². The van der Waals surface area contributed by atoms with Gasteiger partial charge in [-0.05, 0) is 64.9 Å². The van der Waals surface area contributed by atoms with Crippen molar-refractivity contribution in [2.45, 2.75) is 65.2 Å². The Hall–Kier alpha value is -3.02. The highest BCUT2D eigenvalue weighted by atomic mass is 16.5. The minimum atomic E-state index is -0.135. The van der Waals surface area contributed by atoms with Crippen LogP contribution in [-0.4, -0.2) is 27.6 Å². The van der Waals surface area contributed by atoms with Crippen LogP contribution in [0.1, 0.15) is 72.8 Å². The zero-order chi connectivity index (χ0) is 22.7. The standard InChI is InChI=1S/C26H32N4O2/c1-16-5-9-21(10-6-16)18(3)26(31)28-14-20-7-11-22(12-8-20)25-23(15-27-19(4)29-25)24-13-17(2)30-32-24/h5-6,9-10,13,15,18,20,22H,7-8,11-12,14H2,1-4H3,(H,28,31)/t18-,20?,22?/m1/s1. The largest absolute Gasteiger partial charge is 0.356 e. The maximum Gasteiger partial charge on any atom is 0.227 e. The van der Waals surface area contributed by atoms with Crippen molar-refractivity contribution in [3.63, 3.8) is 0 Å². The van der Waals surface area contributed by atoms with E-state index in [0.717, 1.165) is 66.3 Å². The molecule has 168 valence electrons. The first kappa shape index (κ1) is 22.2. The van der Waals surface area contributed by atoms with E-state index >= 15 is 0 Å². The topological polar surface area (TPSA) is 80.9 Å². The third kappa shape index (κ3) is 5.06. The van der Waals surface area contributed by atoms with Crippen LogP contribution in [0.4, 0.5) is 0 Å². The molecule has 0 radical (unpaired) electrons. The van der Waals surface area contributed by atoms with Gasteiger partial charge in [0.05, 0.1) is 22.9 Å². The number of nitrogens with zero attached hydrogens (tertiary/aromatic N) is 3. The van der Waals surface area contributed by atoms with Gasteiger partial charge in [-0.15, -0.1) is 0 Å². The highest BCUT2D eigenvalue weighted by molar-refractivity contribution is 5.83. The fourth-order valence-corrected chi connectivity index (χ4v) is 4.52. The normalized spacial score (nSPS) is 19.5. The molecule has 2 heterocycles. The average molecular weight is 433 g/mol. The average Bonchev–Trinajstić information content (AvgIpc) is 3.24. The van der Waals surface area contributed by atoms with Crippen molar-refractivity contribution in [1.29, 1.82) is 0 Å². The number of carbonyl (C=O) groups excluding carboxylic acids is 1. The number of nitrogens with one attached hydrogen (secondary N) is 1. The van der Waals surface area contributed by atoms with Crippen LogP contribution in [0.15, 0.2) is 41.1 Å². The van der Waals surface area contributed by atoms with E-state index in [0.29, 0.717) is 11.8 Å². The molecule has 1 fully saturated rings. The van der Waals surface area contributed by atoms with Gasteiger partial charge in [-0.25, -0.2) is 9.97 Å². The van der Waals surface area contributed by atoms with Gasteiger partial charge in [-0.3, -0.25) is 4.79 Å². The Morgan fingerprint density at radius 3 is 2.50 bits per heavy atom. The fraction of sp³-hybridized carbons (Fsp3) is 0.462. The lowest BCUT2D eigenvalue weighted by Crippen LogP contribution is -2.33. The van der Waals surface area contributed by atoms with E-state index < -0.39 is 0 Å². The van der Waals surface area contributed by atoms with Crippen molar-refractivity contribution in [1.82, 2.24) is 20.4 Å². The van der Waals surface area contributed by atoms with Gasteiger partial charge in [0, 0.05) is 24.7 Å². The summed E-state index contributed by atoms with van der Waals surface area (Å²) in [5.74, 6) is 2.35. The first-order valence-corrected chi connectivity index (χ1v) is 11.5. The molecule has 0 aliphatic heterocycles. The number of rotatable bonds is 6. The zero-order valence-corrected chi connectivity index (χ0v) is 19.4. The summed E-state index contributed by atoms with van der Waals surface area (Å²) in [4.78, 5) is 21.8. The van der Waals surface area contributed by atoms with E-state index in [1.165, 1.54) is 5.56 Å². The van der Waals surface area contributed by atoms with Gasteiger partial charge in [-0.1, -0.05) is 35.0 Å². The lowest BCUT2D eigenvalue weighted by atomic mass is 9.79. The van der Waals surface area contributed by atoms with Gasteiger partial charge in [-0.2, -0.15) is 0 Å². The van der Waals surface area contributed by atoms with Gasteiger partial charge in [0.1, 0.15) is 5.82 Å². The molecule has 6 heteroatoms. The Morgan fingerprint density at radius 1 is 1.12 bits per heavy atom. The monoisotopic (exact) mass is 432 g/mol. The van der Waals surface area contributed by atoms with Crippen LogP contribution in [0, 0.1) is 26.7 Å². The zero-order valence-electron chi connectivity index (χ0n) is 19.4. The Balaban J connectivity index is 1.34. The number of benzene rings is 1. The molecule has 4 rings (SSSR count). The van der Waals surface area contributed by atoms with E-state index in [9.17, 15) is 4.79 Å². The summed E-state index contributed by atoms with van der Waals surface area (Å²) in [6.07, 6.45) is 6.09. The quantitative estimate of drug-likeness (QED) is 0.575. The molecule has 1 amide bonds. The predicted octanol–water partition coefficient (Wildman–Crippen LogP) is 5.25. The molecule has 1 aromatic carbocycles. The first-order valence-electron chi connectivity index (χ1n) is 11.5. The Morgan fingerprint density at radius 2 is 1.84 bits per heavy atom. The number of hydrogen-bond acceptors (Lipinski definition) is 5. The summed E-state index contributed by atoms with van der Waals surface area (Å²) in [5.41, 5.74) is 5.12. The Bertz CT molecular complexity index is 1070. The van der Waals surface area contributed by atoms with E-state index in [1.54, 1.807) is 0 Å². The van der Waals surface area contributed by atoms with Crippen molar-refractivity contribution < 1.29 is 9.32 Å². The lowest BCUT2D eigenvalue weighted by molar-refractivity contribution is -0.122. The Kier molecular flexibility index (Phi) is 6.68. The SMILES string of the molecule is Cc1ccc([C@@H](C)C(=O)NCC2CCC(c3nc(C)ncc3-c3cc(C)no3)CC2)cc1. The predicted molar refractivity (Wildman–Crippen MR) is 124 cm³/mol. The second kappa shape index (κ2) is 9.63. The lowest BCUT2D eigenvalue weighted by Gasteiger charge is -2.29. The molecular formula is C26H32N4O2. The van der Waals surface area contributed by atoms with Crippen LogP contribution in [0.5, 0.6) is 0 Å². The Labute approximate surface area is 189 Å². The molecule has 0 saturated heterocycles. The number of amides is 1. The number of carbonyl (C=O) groups is 1. The number of aryl methyl sites for hydroxylation is 3. The van der Waals surface area contributed by atoms with Crippen molar-refractivity contribution in [2.75, 3.05) is 6.54 Å². The first-order chi connectivity index (χ1) is 15.4. The maximum atomic E-state index is 12.7. The molecule has 0 spiro atoms. The molecule has 1 saturated carbocycles.